The Balaban J connectivity index is 1.85. The van der Waals surface area contributed by atoms with E-state index < -0.39 is 5.97 Å². The van der Waals surface area contributed by atoms with Crippen molar-refractivity contribution in [2.45, 2.75) is 19.9 Å². The molecule has 2 heterocycles. The van der Waals surface area contributed by atoms with Crippen molar-refractivity contribution in [1.29, 1.82) is 5.26 Å². The fourth-order valence-electron chi connectivity index (χ4n) is 3.58. The molecule has 2 aromatic carbocycles. The second-order valence-electron chi connectivity index (χ2n) is 7.46. The molecular formula is C24H17Cl2N5O2. The van der Waals surface area contributed by atoms with Gasteiger partial charge in [-0.05, 0) is 49.7 Å². The monoisotopic (exact) mass is 477 g/mol. The molecule has 0 unspecified atom stereocenters. The molecule has 0 aliphatic carbocycles. The summed E-state index contributed by atoms with van der Waals surface area (Å²) in [5.41, 5.74) is 4.41. The molecule has 0 spiro atoms. The maximum Gasteiger partial charge on any atom is 0.356 e. The first-order valence-electron chi connectivity index (χ1n) is 9.91. The number of carboxylic acids is 1. The number of halogens is 2. The highest BCUT2D eigenvalue weighted by Gasteiger charge is 2.20. The molecule has 7 nitrogen and oxygen atoms in total. The summed E-state index contributed by atoms with van der Waals surface area (Å²) < 4.78 is 0. The molecule has 2 aromatic heterocycles. The minimum atomic E-state index is -1.19. The highest BCUT2D eigenvalue weighted by molar-refractivity contribution is 6.30. The van der Waals surface area contributed by atoms with Crippen LogP contribution in [0.3, 0.4) is 0 Å². The third-order valence-corrected chi connectivity index (χ3v) is 5.53. The lowest BCUT2D eigenvalue weighted by atomic mass is 10.0. The van der Waals surface area contributed by atoms with Crippen LogP contribution in [0.2, 0.25) is 10.2 Å². The van der Waals surface area contributed by atoms with Crippen molar-refractivity contribution < 1.29 is 9.90 Å². The van der Waals surface area contributed by atoms with E-state index in [1.54, 1.807) is 30.3 Å². The van der Waals surface area contributed by atoms with Gasteiger partial charge in [-0.2, -0.15) is 5.26 Å². The molecule has 33 heavy (non-hydrogen) atoms. The topological polar surface area (TPSA) is 112 Å². The summed E-state index contributed by atoms with van der Waals surface area (Å²) in [6, 6.07) is 15.7. The summed E-state index contributed by atoms with van der Waals surface area (Å²) >= 11 is 11.9. The van der Waals surface area contributed by atoms with E-state index in [0.29, 0.717) is 33.0 Å². The van der Waals surface area contributed by atoms with Gasteiger partial charge in [-0.25, -0.2) is 19.7 Å². The maximum absolute atomic E-state index is 11.6. The number of pyridine rings is 1. The average molecular weight is 478 g/mol. The Morgan fingerprint density at radius 3 is 2.48 bits per heavy atom. The number of rotatable bonds is 5. The molecule has 0 fully saturated rings. The molecule has 0 saturated carbocycles. The molecule has 4 rings (SSSR count). The van der Waals surface area contributed by atoms with Crippen LogP contribution in [0, 0.1) is 18.3 Å². The summed E-state index contributed by atoms with van der Waals surface area (Å²) in [6.45, 7) is 3.80. The van der Waals surface area contributed by atoms with Gasteiger partial charge >= 0.3 is 5.97 Å². The Kier molecular flexibility index (Phi) is 6.14. The molecule has 1 atom stereocenters. The van der Waals surface area contributed by atoms with Gasteiger partial charge in [0, 0.05) is 16.1 Å². The number of anilines is 1. The van der Waals surface area contributed by atoms with Crippen molar-refractivity contribution in [3.05, 3.63) is 81.2 Å². The Labute approximate surface area is 199 Å². The van der Waals surface area contributed by atoms with Crippen LogP contribution in [0.1, 0.15) is 40.3 Å². The second-order valence-corrected chi connectivity index (χ2v) is 8.29. The lowest BCUT2D eigenvalue weighted by Gasteiger charge is -2.19. The zero-order valence-electron chi connectivity index (χ0n) is 17.6. The normalized spacial score (nSPS) is 11.7. The third kappa shape index (κ3) is 4.58. The van der Waals surface area contributed by atoms with Crippen LogP contribution in [-0.4, -0.2) is 26.0 Å². The van der Waals surface area contributed by atoms with Gasteiger partial charge in [0.2, 0.25) is 0 Å². The van der Waals surface area contributed by atoms with E-state index in [4.69, 9.17) is 28.2 Å². The van der Waals surface area contributed by atoms with Gasteiger partial charge in [0.15, 0.2) is 11.4 Å². The summed E-state index contributed by atoms with van der Waals surface area (Å²) in [7, 11) is 0. The van der Waals surface area contributed by atoms with Gasteiger partial charge in [0.05, 0.1) is 22.8 Å². The van der Waals surface area contributed by atoms with Gasteiger partial charge in [0.1, 0.15) is 16.9 Å². The summed E-state index contributed by atoms with van der Waals surface area (Å²) in [6.07, 6.45) is 0. The SMILES string of the molecule is Cc1cc([C@@H](C)Nc2ccc(Cl)nc2C(=O)O)c2nc(-c3ccc(Cl)cc3)c(C#N)nc2c1. The largest absolute Gasteiger partial charge is 0.476 e. The molecule has 0 saturated heterocycles. The molecular weight excluding hydrogens is 461 g/mol. The summed E-state index contributed by atoms with van der Waals surface area (Å²) in [4.78, 5) is 24.9. The van der Waals surface area contributed by atoms with Gasteiger partial charge in [-0.15, -0.1) is 0 Å². The number of carbonyl (C=O) groups is 1. The molecule has 0 bridgehead atoms. The van der Waals surface area contributed by atoms with Crippen molar-refractivity contribution in [2.24, 2.45) is 0 Å². The number of aromatic carboxylic acids is 1. The molecule has 164 valence electrons. The average Bonchev–Trinajstić information content (AvgIpc) is 2.79. The zero-order valence-corrected chi connectivity index (χ0v) is 19.1. The zero-order chi connectivity index (χ0) is 23.7. The number of hydrogen-bond acceptors (Lipinski definition) is 6. The fourth-order valence-corrected chi connectivity index (χ4v) is 3.85. The lowest BCUT2D eigenvalue weighted by Crippen LogP contribution is -2.13. The number of aryl methyl sites for hydroxylation is 1. The number of aromatic nitrogens is 3. The van der Waals surface area contributed by atoms with E-state index in [9.17, 15) is 15.2 Å². The predicted molar refractivity (Wildman–Crippen MR) is 128 cm³/mol. The fraction of sp³-hybridized carbons (Fsp3) is 0.125. The first kappa shape index (κ1) is 22.5. The molecule has 0 aliphatic rings. The molecule has 2 N–H and O–H groups in total. The van der Waals surface area contributed by atoms with Crippen LogP contribution in [0.25, 0.3) is 22.3 Å². The Bertz CT molecular complexity index is 1430. The number of nitrogens with zero attached hydrogens (tertiary/aromatic N) is 4. The van der Waals surface area contributed by atoms with Crippen molar-refractivity contribution in [3.8, 4) is 17.3 Å². The Hall–Kier alpha value is -3.73. The first-order valence-corrected chi connectivity index (χ1v) is 10.7. The predicted octanol–water partition coefficient (Wildman–Crippen LogP) is 6.05. The number of nitriles is 1. The van der Waals surface area contributed by atoms with E-state index in [1.165, 1.54) is 6.07 Å². The number of nitrogens with one attached hydrogen (secondary N) is 1. The number of hydrogen-bond donors (Lipinski definition) is 2. The van der Waals surface area contributed by atoms with Crippen LogP contribution in [0.5, 0.6) is 0 Å². The van der Waals surface area contributed by atoms with E-state index in [-0.39, 0.29) is 22.6 Å². The van der Waals surface area contributed by atoms with Crippen molar-refractivity contribution >= 4 is 45.9 Å². The maximum atomic E-state index is 11.6. The van der Waals surface area contributed by atoms with Crippen molar-refractivity contribution in [1.82, 2.24) is 15.0 Å². The van der Waals surface area contributed by atoms with Gasteiger partial charge in [-0.3, -0.25) is 0 Å². The van der Waals surface area contributed by atoms with Gasteiger partial charge < -0.3 is 10.4 Å². The quantitative estimate of drug-likeness (QED) is 0.336. The van der Waals surface area contributed by atoms with Crippen LogP contribution in [-0.2, 0) is 0 Å². The van der Waals surface area contributed by atoms with Gasteiger partial charge in [-0.1, -0.05) is 41.4 Å². The van der Waals surface area contributed by atoms with Crippen molar-refractivity contribution in [2.75, 3.05) is 5.32 Å². The van der Waals surface area contributed by atoms with E-state index in [2.05, 4.69) is 21.4 Å². The van der Waals surface area contributed by atoms with Crippen LogP contribution in [0.15, 0.2) is 48.5 Å². The molecule has 0 amide bonds. The number of fused-ring (bicyclic) bond motifs is 1. The third-order valence-electron chi connectivity index (χ3n) is 5.07. The molecule has 9 heteroatoms. The standard InChI is InChI=1S/C24H17Cl2N5O2/c1-12-9-16(13(2)28-17-7-8-20(26)30-23(17)24(32)33)22-18(10-12)29-19(11-27)21(31-22)14-3-5-15(25)6-4-14/h3-10,13,28H,1-2H3,(H,32,33)/t13-/m1/s1. The molecule has 0 radical (unpaired) electrons. The first-order chi connectivity index (χ1) is 15.8. The smallest absolute Gasteiger partial charge is 0.356 e. The summed E-state index contributed by atoms with van der Waals surface area (Å²) in [5, 5.41) is 23.0. The molecule has 4 aromatic rings. The van der Waals surface area contributed by atoms with Crippen LogP contribution < -0.4 is 5.32 Å². The summed E-state index contributed by atoms with van der Waals surface area (Å²) in [5.74, 6) is -1.19. The molecule has 0 aliphatic heterocycles. The minimum Gasteiger partial charge on any atom is -0.476 e. The second kappa shape index (κ2) is 9.02. The highest BCUT2D eigenvalue weighted by Crippen LogP contribution is 2.31. The van der Waals surface area contributed by atoms with Crippen LogP contribution >= 0.6 is 23.2 Å². The van der Waals surface area contributed by atoms with Crippen LogP contribution in [0.4, 0.5) is 5.69 Å². The minimum absolute atomic E-state index is 0.0918. The number of carboxylic acid groups (broad SMARTS) is 1. The van der Waals surface area contributed by atoms with E-state index in [0.717, 1.165) is 11.1 Å². The highest BCUT2D eigenvalue weighted by atomic mass is 35.5. The lowest BCUT2D eigenvalue weighted by molar-refractivity contribution is 0.0691. The van der Waals surface area contributed by atoms with Gasteiger partial charge in [0.25, 0.3) is 0 Å². The van der Waals surface area contributed by atoms with E-state index in [1.807, 2.05) is 26.0 Å². The Morgan fingerprint density at radius 2 is 1.82 bits per heavy atom. The number of benzene rings is 2. The Morgan fingerprint density at radius 1 is 1.09 bits per heavy atom. The van der Waals surface area contributed by atoms with Crippen molar-refractivity contribution in [3.63, 3.8) is 0 Å². The van der Waals surface area contributed by atoms with E-state index >= 15 is 0 Å².